The van der Waals surface area contributed by atoms with Gasteiger partial charge in [-0.05, 0) is 6.07 Å². The highest BCUT2D eigenvalue weighted by atomic mass is 35.5. The third-order valence-electron chi connectivity index (χ3n) is 1.81. The van der Waals surface area contributed by atoms with Gasteiger partial charge in [0, 0.05) is 5.56 Å². The summed E-state index contributed by atoms with van der Waals surface area (Å²) in [4.78, 5) is 14.2. The molecule has 1 aromatic heterocycles. The lowest BCUT2D eigenvalue weighted by Crippen LogP contribution is -2.03. The van der Waals surface area contributed by atoms with Gasteiger partial charge in [-0.15, -0.1) is 11.6 Å². The molecule has 0 atom stereocenters. The number of pyridine rings is 1. The molecular weight excluding hydrogens is 228 g/mol. The Bertz CT molecular complexity index is 371. The highest BCUT2D eigenvalue weighted by molar-refractivity contribution is 6.17. The molecule has 0 aromatic carbocycles. The fourth-order valence-corrected chi connectivity index (χ4v) is 1.31. The first-order chi connectivity index (χ1) is 7.13. The van der Waals surface area contributed by atoms with Crippen LogP contribution in [0.5, 0.6) is 5.75 Å². The zero-order valence-corrected chi connectivity index (χ0v) is 8.59. The predicted molar refractivity (Wildman–Crippen MR) is 50.7 cm³/mol. The number of aromatic nitrogens is 1. The number of rotatable bonds is 4. The van der Waals surface area contributed by atoms with Gasteiger partial charge < -0.3 is 4.74 Å². The molecule has 0 amide bonds. The van der Waals surface area contributed by atoms with Crippen molar-refractivity contribution < 1.29 is 18.3 Å². The van der Waals surface area contributed by atoms with Gasteiger partial charge in [0.2, 0.25) is 0 Å². The summed E-state index contributed by atoms with van der Waals surface area (Å²) in [6, 6.07) is 1.21. The van der Waals surface area contributed by atoms with Crippen molar-refractivity contribution in [2.24, 2.45) is 0 Å². The van der Waals surface area contributed by atoms with Crippen LogP contribution in [0.25, 0.3) is 0 Å². The molecule has 15 heavy (non-hydrogen) atoms. The third-order valence-corrected chi connectivity index (χ3v) is 2.06. The molecule has 0 saturated heterocycles. The topological polar surface area (TPSA) is 39.2 Å². The van der Waals surface area contributed by atoms with Crippen LogP contribution in [0.4, 0.5) is 8.78 Å². The Labute approximate surface area is 90.0 Å². The fraction of sp³-hybridized carbons (Fsp3) is 0.333. The number of carbonyl (C=O) groups is 1. The molecule has 1 heterocycles. The fourth-order valence-electron chi connectivity index (χ4n) is 1.09. The maximum absolute atomic E-state index is 12.5. The van der Waals surface area contributed by atoms with Crippen LogP contribution in [0.2, 0.25) is 0 Å². The Kier molecular flexibility index (Phi) is 3.96. The lowest BCUT2D eigenvalue weighted by atomic mass is 10.2. The average Bonchev–Trinajstić information content (AvgIpc) is 2.26. The number of aldehydes is 1. The van der Waals surface area contributed by atoms with Crippen LogP contribution in [-0.2, 0) is 5.88 Å². The van der Waals surface area contributed by atoms with Gasteiger partial charge in [-0.25, -0.2) is 13.8 Å². The van der Waals surface area contributed by atoms with E-state index in [9.17, 15) is 13.6 Å². The van der Waals surface area contributed by atoms with Gasteiger partial charge in [0.1, 0.15) is 11.4 Å². The van der Waals surface area contributed by atoms with Crippen molar-refractivity contribution in [1.29, 1.82) is 0 Å². The highest BCUT2D eigenvalue weighted by Gasteiger charge is 2.18. The van der Waals surface area contributed by atoms with E-state index in [0.717, 1.165) is 0 Å². The molecule has 1 rings (SSSR count). The average molecular weight is 236 g/mol. The number of methoxy groups -OCH3 is 1. The summed E-state index contributed by atoms with van der Waals surface area (Å²) in [5.41, 5.74) is -0.215. The molecule has 0 aliphatic heterocycles. The van der Waals surface area contributed by atoms with Crippen molar-refractivity contribution in [3.63, 3.8) is 0 Å². The van der Waals surface area contributed by atoms with E-state index in [1.807, 2.05) is 0 Å². The first-order valence-electron chi connectivity index (χ1n) is 4.01. The van der Waals surface area contributed by atoms with Gasteiger partial charge in [0.25, 0.3) is 6.43 Å². The van der Waals surface area contributed by atoms with Gasteiger partial charge in [-0.2, -0.15) is 0 Å². The van der Waals surface area contributed by atoms with E-state index in [2.05, 4.69) is 4.98 Å². The van der Waals surface area contributed by atoms with E-state index < -0.39 is 12.1 Å². The highest BCUT2D eigenvalue weighted by Crippen LogP contribution is 2.28. The SMILES string of the molecule is COc1cc(C=O)c(CCl)nc1C(F)F. The van der Waals surface area contributed by atoms with Crippen LogP contribution in [0.3, 0.4) is 0 Å². The monoisotopic (exact) mass is 235 g/mol. The molecule has 0 fully saturated rings. The maximum Gasteiger partial charge on any atom is 0.284 e. The summed E-state index contributed by atoms with van der Waals surface area (Å²) in [5.74, 6) is -0.210. The van der Waals surface area contributed by atoms with E-state index in [-0.39, 0.29) is 22.9 Å². The number of ether oxygens (including phenoxy) is 1. The van der Waals surface area contributed by atoms with E-state index in [1.54, 1.807) is 0 Å². The zero-order valence-electron chi connectivity index (χ0n) is 7.84. The standard InChI is InChI=1S/C9H8ClF2NO2/c1-15-7-2-5(4-14)6(3-10)13-8(7)9(11)12/h2,4,9H,3H2,1H3. The maximum atomic E-state index is 12.5. The summed E-state index contributed by atoms with van der Waals surface area (Å²) < 4.78 is 29.7. The first kappa shape index (κ1) is 11.8. The second kappa shape index (κ2) is 5.02. The van der Waals surface area contributed by atoms with Crippen LogP contribution in [0, 0.1) is 0 Å². The lowest BCUT2D eigenvalue weighted by Gasteiger charge is -2.09. The Morgan fingerprint density at radius 1 is 1.67 bits per heavy atom. The Morgan fingerprint density at radius 3 is 2.73 bits per heavy atom. The van der Waals surface area contributed by atoms with Gasteiger partial charge >= 0.3 is 0 Å². The Hall–Kier alpha value is -1.23. The molecule has 0 unspecified atom stereocenters. The molecular formula is C9H8ClF2NO2. The Balaban J connectivity index is 3.33. The zero-order chi connectivity index (χ0) is 11.4. The van der Waals surface area contributed by atoms with Crippen molar-refractivity contribution in [3.8, 4) is 5.75 Å². The first-order valence-corrected chi connectivity index (χ1v) is 4.54. The normalized spacial score (nSPS) is 10.5. The van der Waals surface area contributed by atoms with E-state index >= 15 is 0 Å². The van der Waals surface area contributed by atoms with E-state index in [0.29, 0.717) is 6.29 Å². The van der Waals surface area contributed by atoms with Crippen LogP contribution in [0.1, 0.15) is 28.2 Å². The minimum Gasteiger partial charge on any atom is -0.495 e. The molecule has 0 saturated carbocycles. The molecule has 1 aromatic rings. The summed E-state index contributed by atoms with van der Waals surface area (Å²) in [7, 11) is 1.23. The van der Waals surface area contributed by atoms with E-state index in [1.165, 1.54) is 13.2 Å². The number of hydrogen-bond donors (Lipinski definition) is 0. The van der Waals surface area contributed by atoms with Crippen molar-refractivity contribution >= 4 is 17.9 Å². The lowest BCUT2D eigenvalue weighted by molar-refractivity contribution is 0.111. The Morgan fingerprint density at radius 2 is 2.33 bits per heavy atom. The number of alkyl halides is 3. The molecule has 0 N–H and O–H groups in total. The summed E-state index contributed by atoms with van der Waals surface area (Å²) >= 11 is 5.48. The molecule has 0 aliphatic rings. The number of hydrogen-bond acceptors (Lipinski definition) is 3. The molecule has 3 nitrogen and oxygen atoms in total. The number of nitrogens with zero attached hydrogens (tertiary/aromatic N) is 1. The second-order valence-corrected chi connectivity index (χ2v) is 2.93. The molecule has 6 heteroatoms. The van der Waals surface area contributed by atoms with Crippen LogP contribution in [-0.4, -0.2) is 18.4 Å². The van der Waals surface area contributed by atoms with E-state index in [4.69, 9.17) is 16.3 Å². The van der Waals surface area contributed by atoms with Crippen LogP contribution in [0.15, 0.2) is 6.07 Å². The largest absolute Gasteiger partial charge is 0.495 e. The number of halogens is 3. The van der Waals surface area contributed by atoms with Gasteiger partial charge in [-0.3, -0.25) is 4.79 Å². The smallest absolute Gasteiger partial charge is 0.284 e. The van der Waals surface area contributed by atoms with Gasteiger partial charge in [0.15, 0.2) is 6.29 Å². The summed E-state index contributed by atoms with van der Waals surface area (Å²) in [6.07, 6.45) is -2.26. The quantitative estimate of drug-likeness (QED) is 0.595. The summed E-state index contributed by atoms with van der Waals surface area (Å²) in [6.45, 7) is 0. The predicted octanol–water partition coefficient (Wildman–Crippen LogP) is 2.58. The van der Waals surface area contributed by atoms with Crippen molar-refractivity contribution in [2.75, 3.05) is 7.11 Å². The molecule has 82 valence electrons. The number of carbonyl (C=O) groups excluding carboxylic acids is 1. The molecule has 0 spiro atoms. The molecule has 0 aliphatic carbocycles. The van der Waals surface area contributed by atoms with Crippen molar-refractivity contribution in [3.05, 3.63) is 23.0 Å². The van der Waals surface area contributed by atoms with Crippen LogP contribution >= 0.6 is 11.6 Å². The van der Waals surface area contributed by atoms with Gasteiger partial charge in [0.05, 0.1) is 18.7 Å². The summed E-state index contributed by atoms with van der Waals surface area (Å²) in [5, 5.41) is 0. The van der Waals surface area contributed by atoms with Crippen molar-refractivity contribution in [2.45, 2.75) is 12.3 Å². The van der Waals surface area contributed by atoms with Crippen molar-refractivity contribution in [1.82, 2.24) is 4.98 Å². The van der Waals surface area contributed by atoms with Crippen LogP contribution < -0.4 is 4.74 Å². The van der Waals surface area contributed by atoms with Gasteiger partial charge in [-0.1, -0.05) is 0 Å². The second-order valence-electron chi connectivity index (χ2n) is 2.66. The minimum absolute atomic E-state index is 0.0994. The minimum atomic E-state index is -2.76. The molecule has 0 radical (unpaired) electrons. The molecule has 0 bridgehead atoms. The third kappa shape index (κ3) is 2.41.